The van der Waals surface area contributed by atoms with E-state index in [-0.39, 0.29) is 0 Å². The van der Waals surface area contributed by atoms with Crippen LogP contribution in [0.1, 0.15) is 18.1 Å². The zero-order chi connectivity index (χ0) is 10.6. The molecule has 0 heterocycles. The number of hydrogen-bond acceptors (Lipinski definition) is 2. The van der Waals surface area contributed by atoms with Crippen molar-refractivity contribution in [3.63, 3.8) is 0 Å². The van der Waals surface area contributed by atoms with E-state index in [9.17, 15) is 10.1 Å². The van der Waals surface area contributed by atoms with E-state index in [1.165, 1.54) is 6.08 Å². The molecule has 0 fully saturated rings. The van der Waals surface area contributed by atoms with Crippen LogP contribution in [0.15, 0.2) is 28.9 Å². The van der Waals surface area contributed by atoms with Crippen molar-refractivity contribution in [3.8, 4) is 0 Å². The third-order valence-electron chi connectivity index (χ3n) is 1.88. The summed E-state index contributed by atoms with van der Waals surface area (Å²) in [5.41, 5.74) is 1.98. The Morgan fingerprint density at radius 3 is 2.86 bits per heavy atom. The van der Waals surface area contributed by atoms with Crippen molar-refractivity contribution in [2.75, 3.05) is 0 Å². The number of benzene rings is 1. The van der Waals surface area contributed by atoms with E-state index in [4.69, 9.17) is 0 Å². The lowest BCUT2D eigenvalue weighted by atomic mass is 10.1. The monoisotopic (exact) mass is 255 g/mol. The first kappa shape index (κ1) is 10.9. The van der Waals surface area contributed by atoms with Gasteiger partial charge < -0.3 is 0 Å². The maximum Gasteiger partial charge on any atom is 0.235 e. The number of hydrogen-bond donors (Lipinski definition) is 0. The molecule has 0 aliphatic carbocycles. The fourth-order valence-electron chi connectivity index (χ4n) is 1.25. The summed E-state index contributed by atoms with van der Waals surface area (Å²) in [6, 6.07) is 5.66. The fraction of sp³-hybridized carbons (Fsp3) is 0.200. The number of halogens is 1. The second-order valence-electron chi connectivity index (χ2n) is 2.76. The van der Waals surface area contributed by atoms with Crippen LogP contribution in [-0.4, -0.2) is 4.92 Å². The van der Waals surface area contributed by atoms with E-state index >= 15 is 0 Å². The number of nitrogens with zero attached hydrogens (tertiary/aromatic N) is 1. The SMILES string of the molecule is CCc1c(Br)cccc1/C=C/[N+](=O)[O-]. The molecule has 74 valence electrons. The predicted octanol–water partition coefficient (Wildman–Crippen LogP) is 3.26. The Labute approximate surface area is 90.7 Å². The third kappa shape index (κ3) is 2.67. The summed E-state index contributed by atoms with van der Waals surface area (Å²) in [5, 5.41) is 10.2. The van der Waals surface area contributed by atoms with Crippen molar-refractivity contribution in [2.24, 2.45) is 0 Å². The molecule has 14 heavy (non-hydrogen) atoms. The standard InChI is InChI=1S/C10H10BrNO2/c1-2-9-8(6-7-12(13)14)4-3-5-10(9)11/h3-7H,2H2,1H3/b7-6+. The molecule has 0 radical (unpaired) electrons. The van der Waals surface area contributed by atoms with Gasteiger partial charge >= 0.3 is 0 Å². The minimum atomic E-state index is -0.458. The van der Waals surface area contributed by atoms with Gasteiger partial charge in [-0.1, -0.05) is 35.0 Å². The Hall–Kier alpha value is -1.16. The first-order valence-corrected chi connectivity index (χ1v) is 5.03. The lowest BCUT2D eigenvalue weighted by molar-refractivity contribution is -0.400. The van der Waals surface area contributed by atoms with Crippen molar-refractivity contribution in [2.45, 2.75) is 13.3 Å². The van der Waals surface area contributed by atoms with Crippen LogP contribution < -0.4 is 0 Å². The van der Waals surface area contributed by atoms with E-state index in [2.05, 4.69) is 15.9 Å². The van der Waals surface area contributed by atoms with Crippen molar-refractivity contribution in [1.82, 2.24) is 0 Å². The van der Waals surface area contributed by atoms with Crippen LogP contribution in [0, 0.1) is 10.1 Å². The van der Waals surface area contributed by atoms with Crippen molar-refractivity contribution < 1.29 is 4.92 Å². The van der Waals surface area contributed by atoms with Gasteiger partial charge in [0.15, 0.2) is 0 Å². The summed E-state index contributed by atoms with van der Waals surface area (Å²) in [6.07, 6.45) is 3.32. The summed E-state index contributed by atoms with van der Waals surface area (Å²) in [4.78, 5) is 9.71. The molecule has 0 aliphatic rings. The predicted molar refractivity (Wildman–Crippen MR) is 59.5 cm³/mol. The van der Waals surface area contributed by atoms with Crippen molar-refractivity contribution >= 4 is 22.0 Å². The lowest BCUT2D eigenvalue weighted by Gasteiger charge is -2.04. The van der Waals surface area contributed by atoms with Crippen LogP contribution in [0.3, 0.4) is 0 Å². The van der Waals surface area contributed by atoms with Gasteiger partial charge in [-0.2, -0.15) is 0 Å². The minimum absolute atomic E-state index is 0.458. The quantitative estimate of drug-likeness (QED) is 0.615. The Bertz CT molecular complexity index is 374. The maximum atomic E-state index is 10.2. The molecule has 3 nitrogen and oxygen atoms in total. The maximum absolute atomic E-state index is 10.2. The van der Waals surface area contributed by atoms with Gasteiger partial charge in [-0.25, -0.2) is 0 Å². The molecule has 1 aromatic rings. The summed E-state index contributed by atoms with van der Waals surface area (Å²) < 4.78 is 0.991. The molecule has 0 unspecified atom stereocenters. The summed E-state index contributed by atoms with van der Waals surface area (Å²) in [6.45, 7) is 2.02. The molecule has 1 rings (SSSR count). The van der Waals surface area contributed by atoms with Crippen LogP contribution in [0.4, 0.5) is 0 Å². The van der Waals surface area contributed by atoms with Gasteiger partial charge in [0.25, 0.3) is 0 Å². The molecular formula is C10H10BrNO2. The Morgan fingerprint density at radius 1 is 1.57 bits per heavy atom. The molecule has 4 heteroatoms. The molecular weight excluding hydrogens is 246 g/mol. The Kier molecular flexibility index (Phi) is 3.83. The van der Waals surface area contributed by atoms with Gasteiger partial charge in [-0.3, -0.25) is 10.1 Å². The zero-order valence-corrected chi connectivity index (χ0v) is 9.32. The van der Waals surface area contributed by atoms with Crippen LogP contribution in [-0.2, 0) is 6.42 Å². The van der Waals surface area contributed by atoms with Gasteiger partial charge in [0.1, 0.15) is 0 Å². The summed E-state index contributed by atoms with van der Waals surface area (Å²) in [5.74, 6) is 0. The van der Waals surface area contributed by atoms with Crippen LogP contribution >= 0.6 is 15.9 Å². The smallest absolute Gasteiger partial charge is 0.235 e. The van der Waals surface area contributed by atoms with E-state index < -0.39 is 4.92 Å². The molecule has 0 N–H and O–H groups in total. The van der Waals surface area contributed by atoms with Gasteiger partial charge in [0.2, 0.25) is 6.20 Å². The highest BCUT2D eigenvalue weighted by Gasteiger charge is 2.02. The van der Waals surface area contributed by atoms with Gasteiger partial charge in [0.05, 0.1) is 4.92 Å². The van der Waals surface area contributed by atoms with Gasteiger partial charge in [-0.15, -0.1) is 0 Å². The Balaban J connectivity index is 3.08. The second-order valence-corrected chi connectivity index (χ2v) is 3.62. The second kappa shape index (κ2) is 4.91. The highest BCUT2D eigenvalue weighted by molar-refractivity contribution is 9.10. The fourth-order valence-corrected chi connectivity index (χ4v) is 1.91. The summed E-state index contributed by atoms with van der Waals surface area (Å²) in [7, 11) is 0. The van der Waals surface area contributed by atoms with Crippen molar-refractivity contribution in [3.05, 3.63) is 50.1 Å². The minimum Gasteiger partial charge on any atom is -0.259 e. The largest absolute Gasteiger partial charge is 0.259 e. The van der Waals surface area contributed by atoms with Crippen LogP contribution in [0.25, 0.3) is 6.08 Å². The molecule has 0 amide bonds. The third-order valence-corrected chi connectivity index (χ3v) is 2.63. The molecule has 0 aliphatic heterocycles. The van der Waals surface area contributed by atoms with Gasteiger partial charge in [0, 0.05) is 10.5 Å². The molecule has 0 saturated heterocycles. The van der Waals surface area contributed by atoms with E-state index in [0.29, 0.717) is 0 Å². The van der Waals surface area contributed by atoms with E-state index in [1.54, 1.807) is 0 Å². The first-order chi connectivity index (χ1) is 6.65. The van der Waals surface area contributed by atoms with Crippen LogP contribution in [0.5, 0.6) is 0 Å². The molecule has 0 saturated carbocycles. The van der Waals surface area contributed by atoms with Gasteiger partial charge in [-0.05, 0) is 23.6 Å². The Morgan fingerprint density at radius 2 is 2.29 bits per heavy atom. The summed E-state index contributed by atoms with van der Waals surface area (Å²) >= 11 is 3.41. The van der Waals surface area contributed by atoms with Crippen molar-refractivity contribution in [1.29, 1.82) is 0 Å². The molecule has 0 atom stereocenters. The zero-order valence-electron chi connectivity index (χ0n) is 7.74. The molecule has 1 aromatic carbocycles. The highest BCUT2D eigenvalue weighted by atomic mass is 79.9. The average molecular weight is 256 g/mol. The molecule has 0 spiro atoms. The topological polar surface area (TPSA) is 43.1 Å². The van der Waals surface area contributed by atoms with E-state index in [1.807, 2.05) is 25.1 Å². The van der Waals surface area contributed by atoms with Crippen LogP contribution in [0.2, 0.25) is 0 Å². The number of rotatable bonds is 3. The average Bonchev–Trinajstić information content (AvgIpc) is 2.14. The number of nitro groups is 1. The van der Waals surface area contributed by atoms with E-state index in [0.717, 1.165) is 28.2 Å². The molecule has 0 aromatic heterocycles. The lowest BCUT2D eigenvalue weighted by Crippen LogP contribution is -1.89. The first-order valence-electron chi connectivity index (χ1n) is 4.24. The molecule has 0 bridgehead atoms. The normalized spacial score (nSPS) is 10.7. The highest BCUT2D eigenvalue weighted by Crippen LogP contribution is 2.22.